The van der Waals surface area contributed by atoms with Crippen molar-refractivity contribution in [3.05, 3.63) is 54.1 Å². The molecule has 1 fully saturated rings. The Bertz CT molecular complexity index is 849. The molecule has 26 heavy (non-hydrogen) atoms. The van der Waals surface area contributed by atoms with E-state index < -0.39 is 17.8 Å². The average Bonchev–Trinajstić information content (AvgIpc) is 2.92. The highest BCUT2D eigenvalue weighted by Gasteiger charge is 2.35. The van der Waals surface area contributed by atoms with Crippen molar-refractivity contribution < 1.29 is 19.5 Å². The number of thiocarbonyl (C=S) groups is 1. The number of carboxylic acids is 1. The molecular formula is C18H17N3O4S. The molecule has 0 radical (unpaired) electrons. The Balaban J connectivity index is 1.95. The molecule has 1 aromatic carbocycles. The van der Waals surface area contributed by atoms with Gasteiger partial charge in [0.1, 0.15) is 12.1 Å². The van der Waals surface area contributed by atoms with E-state index in [2.05, 4.69) is 11.9 Å². The van der Waals surface area contributed by atoms with Gasteiger partial charge >= 0.3 is 5.97 Å². The summed E-state index contributed by atoms with van der Waals surface area (Å²) < 4.78 is 0. The predicted octanol–water partition coefficient (Wildman–Crippen LogP) is 1.03. The fraction of sp³-hybridized carbons (Fsp3) is 0.222. The van der Waals surface area contributed by atoms with Gasteiger partial charge in [0.25, 0.3) is 11.8 Å². The van der Waals surface area contributed by atoms with Crippen LogP contribution in [0.5, 0.6) is 0 Å². The van der Waals surface area contributed by atoms with Gasteiger partial charge in [0.2, 0.25) is 0 Å². The Hall–Kier alpha value is -3.00. The van der Waals surface area contributed by atoms with E-state index in [1.807, 2.05) is 24.3 Å². The number of para-hydroxylation sites is 1. The van der Waals surface area contributed by atoms with E-state index in [1.54, 1.807) is 11.0 Å². The molecule has 2 aliphatic rings. The first kappa shape index (κ1) is 17.8. The molecule has 1 atom stereocenters. The molecule has 2 heterocycles. The standard InChI is InChI=1S/C18H17N3O4S/c1-2-7-21-17(25)13(16(24)19-18(21)26)8-11-9-20(10-15(22)23)14-6-4-3-5-12(11)14/h2-6,8,11H,1,7,9-10H2,(H,22,23)(H,19,24,26)/b13-8-. The molecule has 3 rings (SSSR count). The highest BCUT2D eigenvalue weighted by molar-refractivity contribution is 7.80. The Morgan fingerprint density at radius 2 is 2.12 bits per heavy atom. The summed E-state index contributed by atoms with van der Waals surface area (Å²) in [6.07, 6.45) is 3.12. The highest BCUT2D eigenvalue weighted by atomic mass is 32.1. The fourth-order valence-corrected chi connectivity index (χ4v) is 3.44. The number of carbonyl (C=O) groups excluding carboxylic acids is 2. The number of anilines is 1. The zero-order chi connectivity index (χ0) is 18.8. The summed E-state index contributed by atoms with van der Waals surface area (Å²) in [7, 11) is 0. The van der Waals surface area contributed by atoms with Gasteiger partial charge in [-0.25, -0.2) is 0 Å². The lowest BCUT2D eigenvalue weighted by molar-refractivity contribution is -0.135. The Morgan fingerprint density at radius 1 is 1.38 bits per heavy atom. The zero-order valence-corrected chi connectivity index (χ0v) is 14.7. The molecule has 7 nitrogen and oxygen atoms in total. The van der Waals surface area contributed by atoms with Crippen molar-refractivity contribution in [3.63, 3.8) is 0 Å². The molecule has 0 spiro atoms. The summed E-state index contributed by atoms with van der Waals surface area (Å²) >= 11 is 5.04. The molecule has 0 bridgehead atoms. The summed E-state index contributed by atoms with van der Waals surface area (Å²) in [6, 6.07) is 7.37. The van der Waals surface area contributed by atoms with Crippen molar-refractivity contribution in [2.24, 2.45) is 0 Å². The van der Waals surface area contributed by atoms with Crippen molar-refractivity contribution in [2.45, 2.75) is 5.92 Å². The van der Waals surface area contributed by atoms with Crippen LogP contribution in [-0.4, -0.2) is 52.5 Å². The summed E-state index contributed by atoms with van der Waals surface area (Å²) in [5, 5.41) is 11.7. The first-order chi connectivity index (χ1) is 12.4. The quantitative estimate of drug-likeness (QED) is 0.348. The molecule has 8 heteroatoms. The summed E-state index contributed by atoms with van der Waals surface area (Å²) in [6.45, 7) is 4.01. The summed E-state index contributed by atoms with van der Waals surface area (Å²) in [4.78, 5) is 39.0. The Morgan fingerprint density at radius 3 is 2.81 bits per heavy atom. The zero-order valence-electron chi connectivity index (χ0n) is 13.8. The lowest BCUT2D eigenvalue weighted by atomic mass is 9.97. The topological polar surface area (TPSA) is 90.0 Å². The minimum absolute atomic E-state index is 0.00238. The van der Waals surface area contributed by atoms with E-state index in [-0.39, 0.29) is 29.7 Å². The molecule has 2 aliphatic heterocycles. The van der Waals surface area contributed by atoms with Gasteiger partial charge in [-0.3, -0.25) is 24.6 Å². The molecule has 134 valence electrons. The fourth-order valence-electron chi connectivity index (χ4n) is 3.19. The third-order valence-electron chi connectivity index (χ3n) is 4.29. The Kier molecular flexibility index (Phi) is 4.85. The van der Waals surface area contributed by atoms with Gasteiger partial charge in [-0.2, -0.15) is 0 Å². The lowest BCUT2D eigenvalue weighted by Gasteiger charge is -2.28. The highest BCUT2D eigenvalue weighted by Crippen LogP contribution is 2.37. The molecule has 0 aliphatic carbocycles. The Labute approximate surface area is 155 Å². The van der Waals surface area contributed by atoms with Crippen LogP contribution in [0.4, 0.5) is 5.69 Å². The smallest absolute Gasteiger partial charge is 0.323 e. The van der Waals surface area contributed by atoms with Crippen molar-refractivity contribution in [1.82, 2.24) is 10.2 Å². The number of hydrogen-bond acceptors (Lipinski definition) is 5. The van der Waals surface area contributed by atoms with Gasteiger partial charge in [-0.05, 0) is 23.8 Å². The number of nitrogens with one attached hydrogen (secondary N) is 1. The molecule has 1 unspecified atom stereocenters. The van der Waals surface area contributed by atoms with Crippen LogP contribution in [0.15, 0.2) is 48.6 Å². The monoisotopic (exact) mass is 371 g/mol. The molecular weight excluding hydrogens is 354 g/mol. The number of carbonyl (C=O) groups is 3. The van der Waals surface area contributed by atoms with Crippen molar-refractivity contribution in [2.75, 3.05) is 24.5 Å². The van der Waals surface area contributed by atoms with Crippen LogP contribution < -0.4 is 10.2 Å². The van der Waals surface area contributed by atoms with Crippen molar-refractivity contribution >= 4 is 40.8 Å². The second-order valence-corrected chi connectivity index (χ2v) is 6.37. The van der Waals surface area contributed by atoms with Gasteiger partial charge in [0, 0.05) is 24.7 Å². The average molecular weight is 371 g/mol. The van der Waals surface area contributed by atoms with Crippen LogP contribution in [0.2, 0.25) is 0 Å². The number of amides is 2. The maximum Gasteiger partial charge on any atom is 0.323 e. The number of hydrogen-bond donors (Lipinski definition) is 2. The van der Waals surface area contributed by atoms with E-state index in [1.165, 1.54) is 11.0 Å². The number of benzene rings is 1. The lowest BCUT2D eigenvalue weighted by Crippen LogP contribution is -2.54. The molecule has 1 saturated heterocycles. The first-order valence-electron chi connectivity index (χ1n) is 7.98. The van der Waals surface area contributed by atoms with Crippen LogP contribution in [0, 0.1) is 0 Å². The number of rotatable bonds is 5. The van der Waals surface area contributed by atoms with Crippen molar-refractivity contribution in [3.8, 4) is 0 Å². The SMILES string of the molecule is C=CCN1C(=O)/C(=C\C2CN(CC(=O)O)c3ccccc32)C(=O)NC1=S. The van der Waals surface area contributed by atoms with E-state index in [0.717, 1.165) is 11.3 Å². The number of fused-ring (bicyclic) bond motifs is 1. The van der Waals surface area contributed by atoms with Gasteiger partial charge in [-0.15, -0.1) is 6.58 Å². The van der Waals surface area contributed by atoms with Gasteiger partial charge in [0.05, 0.1) is 0 Å². The van der Waals surface area contributed by atoms with E-state index >= 15 is 0 Å². The normalized spacial score (nSPS) is 21.0. The first-order valence-corrected chi connectivity index (χ1v) is 8.38. The number of nitrogens with zero attached hydrogens (tertiary/aromatic N) is 2. The van der Waals surface area contributed by atoms with E-state index in [4.69, 9.17) is 17.3 Å². The number of carboxylic acid groups (broad SMARTS) is 1. The molecule has 1 aromatic rings. The molecule has 2 amide bonds. The minimum Gasteiger partial charge on any atom is -0.480 e. The van der Waals surface area contributed by atoms with Gasteiger partial charge in [0.15, 0.2) is 5.11 Å². The second-order valence-electron chi connectivity index (χ2n) is 5.98. The number of aliphatic carboxylic acids is 1. The maximum atomic E-state index is 12.6. The molecule has 2 N–H and O–H groups in total. The summed E-state index contributed by atoms with van der Waals surface area (Å²) in [5.41, 5.74) is 1.67. The molecule has 0 saturated carbocycles. The second kappa shape index (κ2) is 7.09. The third-order valence-corrected chi connectivity index (χ3v) is 4.61. The van der Waals surface area contributed by atoms with Crippen LogP contribution in [0.3, 0.4) is 0 Å². The maximum absolute atomic E-state index is 12.6. The van der Waals surface area contributed by atoms with Crippen LogP contribution in [0.25, 0.3) is 0 Å². The third kappa shape index (κ3) is 3.23. The van der Waals surface area contributed by atoms with Crippen LogP contribution >= 0.6 is 12.2 Å². The van der Waals surface area contributed by atoms with Crippen molar-refractivity contribution in [1.29, 1.82) is 0 Å². The largest absolute Gasteiger partial charge is 0.480 e. The summed E-state index contributed by atoms with van der Waals surface area (Å²) in [5.74, 6) is -2.24. The van der Waals surface area contributed by atoms with Gasteiger partial charge < -0.3 is 10.0 Å². The van der Waals surface area contributed by atoms with E-state index in [9.17, 15) is 14.4 Å². The van der Waals surface area contributed by atoms with E-state index in [0.29, 0.717) is 6.54 Å². The van der Waals surface area contributed by atoms with Gasteiger partial charge in [-0.1, -0.05) is 30.4 Å². The van der Waals surface area contributed by atoms with Crippen LogP contribution in [0.1, 0.15) is 11.5 Å². The minimum atomic E-state index is -0.943. The predicted molar refractivity (Wildman–Crippen MR) is 99.8 cm³/mol. The molecule has 0 aromatic heterocycles. The van der Waals surface area contributed by atoms with Crippen LogP contribution in [-0.2, 0) is 14.4 Å².